The van der Waals surface area contributed by atoms with Gasteiger partial charge in [-0.05, 0) is 31.3 Å². The number of rotatable bonds is 5. The molecule has 6 nitrogen and oxygen atoms in total. The molecule has 3 N–H and O–H groups in total. The van der Waals surface area contributed by atoms with E-state index in [-0.39, 0.29) is 31.2 Å². The second kappa shape index (κ2) is 7.19. The minimum absolute atomic E-state index is 0.126. The van der Waals surface area contributed by atoms with Gasteiger partial charge in [-0.3, -0.25) is 9.59 Å². The maximum atomic E-state index is 12.1. The molecule has 122 valence electrons. The first-order chi connectivity index (χ1) is 10.5. The Morgan fingerprint density at radius 3 is 2.77 bits per heavy atom. The summed E-state index contributed by atoms with van der Waals surface area (Å²) in [6, 6.07) is 1.25. The van der Waals surface area contributed by atoms with Crippen molar-refractivity contribution in [1.82, 2.24) is 5.32 Å². The molecule has 1 aliphatic rings. The lowest BCUT2D eigenvalue weighted by Crippen LogP contribution is -2.39. The van der Waals surface area contributed by atoms with Crippen molar-refractivity contribution >= 4 is 17.7 Å². The van der Waals surface area contributed by atoms with Gasteiger partial charge in [0.25, 0.3) is 0 Å². The lowest BCUT2D eigenvalue weighted by molar-refractivity contribution is -0.122. The summed E-state index contributed by atoms with van der Waals surface area (Å²) >= 11 is 1.78. The monoisotopic (exact) mass is 327 g/mol. The Labute approximate surface area is 132 Å². The molecular formula is C15H21NO5S. The number of carbonyl (C=O) groups excluding carboxylic acids is 1. The molecule has 0 bridgehead atoms. The largest absolute Gasteiger partial charge is 0.502 e. The molecule has 2 heterocycles. The van der Waals surface area contributed by atoms with Crippen LogP contribution in [-0.2, 0) is 10.2 Å². The molecule has 0 aromatic carbocycles. The lowest BCUT2D eigenvalue weighted by Gasteiger charge is -2.35. The third-order valence-electron chi connectivity index (χ3n) is 3.91. The van der Waals surface area contributed by atoms with Crippen LogP contribution in [0.15, 0.2) is 15.3 Å². The molecule has 0 atom stereocenters. The van der Waals surface area contributed by atoms with Gasteiger partial charge in [0, 0.05) is 24.4 Å². The van der Waals surface area contributed by atoms with Crippen LogP contribution in [0.3, 0.4) is 0 Å². The molecular weight excluding hydrogens is 306 g/mol. The summed E-state index contributed by atoms with van der Waals surface area (Å²) in [5.74, 6) is 1.70. The first-order valence-electron chi connectivity index (χ1n) is 7.28. The predicted molar refractivity (Wildman–Crippen MR) is 84.3 cm³/mol. The van der Waals surface area contributed by atoms with Gasteiger partial charge < -0.3 is 19.9 Å². The van der Waals surface area contributed by atoms with Gasteiger partial charge >= 0.3 is 0 Å². The molecule has 0 radical (unpaired) electrons. The molecule has 1 saturated heterocycles. The van der Waals surface area contributed by atoms with Gasteiger partial charge in [-0.1, -0.05) is 0 Å². The van der Waals surface area contributed by atoms with Crippen LogP contribution in [0.4, 0.5) is 0 Å². The van der Waals surface area contributed by atoms with E-state index >= 15 is 0 Å². The molecule has 1 aromatic rings. The number of nitrogens with one attached hydrogen (secondary N) is 1. The number of aliphatic hydroxyl groups excluding tert-OH is 1. The topological polar surface area (TPSA) is 99.8 Å². The standard InChI is InChI=1S/C15H21NO5S/c1-10-8-11(18)13(20)14(21-10)15(2-6-22-7-3-15)9-12(19)16-4-5-17/h8,17,20H,2-7,9H2,1H3,(H,16,19). The zero-order valence-electron chi connectivity index (χ0n) is 12.6. The molecule has 7 heteroatoms. The van der Waals surface area contributed by atoms with Crippen molar-refractivity contribution in [2.24, 2.45) is 0 Å². The second-order valence-electron chi connectivity index (χ2n) is 5.54. The van der Waals surface area contributed by atoms with Crippen LogP contribution in [-0.4, -0.2) is 40.8 Å². The number of aromatic hydroxyl groups is 1. The maximum Gasteiger partial charge on any atom is 0.227 e. The fourth-order valence-electron chi connectivity index (χ4n) is 2.77. The molecule has 1 aliphatic heterocycles. The third-order valence-corrected chi connectivity index (χ3v) is 4.90. The Morgan fingerprint density at radius 2 is 2.14 bits per heavy atom. The highest BCUT2D eigenvalue weighted by molar-refractivity contribution is 7.99. The number of carbonyl (C=O) groups is 1. The van der Waals surface area contributed by atoms with Gasteiger partial charge in [-0.15, -0.1) is 0 Å². The van der Waals surface area contributed by atoms with Crippen molar-refractivity contribution in [3.8, 4) is 5.75 Å². The van der Waals surface area contributed by atoms with Crippen LogP contribution in [0.25, 0.3) is 0 Å². The molecule has 22 heavy (non-hydrogen) atoms. The van der Waals surface area contributed by atoms with E-state index in [1.54, 1.807) is 18.7 Å². The Morgan fingerprint density at radius 1 is 1.45 bits per heavy atom. The molecule has 0 aliphatic carbocycles. The van der Waals surface area contributed by atoms with Crippen LogP contribution in [0.5, 0.6) is 5.75 Å². The highest BCUT2D eigenvalue weighted by Gasteiger charge is 2.41. The van der Waals surface area contributed by atoms with Crippen molar-refractivity contribution in [1.29, 1.82) is 0 Å². The number of aryl methyl sites for hydroxylation is 1. The summed E-state index contributed by atoms with van der Waals surface area (Å²) in [4.78, 5) is 24.0. The van der Waals surface area contributed by atoms with Crippen LogP contribution in [0.1, 0.15) is 30.8 Å². The predicted octanol–water partition coefficient (Wildman–Crippen LogP) is 0.917. The van der Waals surface area contributed by atoms with E-state index in [0.29, 0.717) is 18.6 Å². The highest BCUT2D eigenvalue weighted by atomic mass is 32.2. The van der Waals surface area contributed by atoms with Crippen molar-refractivity contribution in [2.75, 3.05) is 24.7 Å². The summed E-state index contributed by atoms with van der Waals surface area (Å²) in [6.45, 7) is 1.72. The van der Waals surface area contributed by atoms with Crippen LogP contribution >= 0.6 is 11.8 Å². The Hall–Kier alpha value is -1.47. The average molecular weight is 327 g/mol. The van der Waals surface area contributed by atoms with E-state index in [1.807, 2.05) is 0 Å². The summed E-state index contributed by atoms with van der Waals surface area (Å²) in [5, 5.41) is 21.6. The van der Waals surface area contributed by atoms with Crippen LogP contribution in [0.2, 0.25) is 0 Å². The van der Waals surface area contributed by atoms with E-state index in [1.165, 1.54) is 6.07 Å². The van der Waals surface area contributed by atoms with E-state index in [0.717, 1.165) is 11.5 Å². The van der Waals surface area contributed by atoms with E-state index in [2.05, 4.69) is 5.32 Å². The Balaban J connectivity index is 2.37. The second-order valence-corrected chi connectivity index (χ2v) is 6.77. The molecule has 1 aromatic heterocycles. The van der Waals surface area contributed by atoms with Crippen molar-refractivity contribution < 1.29 is 19.4 Å². The third kappa shape index (κ3) is 3.64. The summed E-state index contributed by atoms with van der Waals surface area (Å²) in [5.41, 5.74) is -1.15. The Bertz CT molecular complexity index is 592. The van der Waals surface area contributed by atoms with Crippen molar-refractivity contribution in [2.45, 2.75) is 31.6 Å². The normalized spacial score (nSPS) is 17.2. The lowest BCUT2D eigenvalue weighted by atomic mass is 9.75. The summed E-state index contributed by atoms with van der Waals surface area (Å²) in [6.07, 6.45) is 1.45. The van der Waals surface area contributed by atoms with E-state index < -0.39 is 16.6 Å². The average Bonchev–Trinajstić information content (AvgIpc) is 2.49. The minimum Gasteiger partial charge on any atom is -0.502 e. The molecule has 0 unspecified atom stereocenters. The number of hydrogen-bond acceptors (Lipinski definition) is 6. The minimum atomic E-state index is -0.667. The number of hydrogen-bond donors (Lipinski definition) is 3. The molecule has 1 fully saturated rings. The van der Waals surface area contributed by atoms with Gasteiger partial charge in [0.15, 0.2) is 5.76 Å². The zero-order valence-corrected chi connectivity index (χ0v) is 13.4. The smallest absolute Gasteiger partial charge is 0.227 e. The van der Waals surface area contributed by atoms with Gasteiger partial charge in [-0.25, -0.2) is 0 Å². The SMILES string of the molecule is Cc1cc(=O)c(O)c(C2(CC(=O)NCCO)CCSCC2)o1. The summed E-state index contributed by atoms with van der Waals surface area (Å²) < 4.78 is 5.65. The quantitative estimate of drug-likeness (QED) is 0.743. The van der Waals surface area contributed by atoms with Gasteiger partial charge in [0.2, 0.25) is 17.1 Å². The zero-order chi connectivity index (χ0) is 16.2. The molecule has 0 spiro atoms. The van der Waals surface area contributed by atoms with Crippen LogP contribution in [0, 0.1) is 6.92 Å². The van der Waals surface area contributed by atoms with E-state index in [9.17, 15) is 14.7 Å². The highest BCUT2D eigenvalue weighted by Crippen LogP contribution is 2.43. The molecule has 0 saturated carbocycles. The first-order valence-corrected chi connectivity index (χ1v) is 8.43. The molecule has 2 rings (SSSR count). The van der Waals surface area contributed by atoms with Gasteiger partial charge in [0.05, 0.1) is 6.61 Å². The van der Waals surface area contributed by atoms with Crippen LogP contribution < -0.4 is 10.7 Å². The Kier molecular flexibility index (Phi) is 5.52. The fourth-order valence-corrected chi connectivity index (χ4v) is 4.05. The van der Waals surface area contributed by atoms with Gasteiger partial charge in [0.1, 0.15) is 5.76 Å². The maximum absolute atomic E-state index is 12.1. The number of aliphatic hydroxyl groups is 1. The molecule has 1 amide bonds. The van der Waals surface area contributed by atoms with Gasteiger partial charge in [-0.2, -0.15) is 11.8 Å². The fraction of sp³-hybridized carbons (Fsp3) is 0.600. The number of amides is 1. The summed E-state index contributed by atoms with van der Waals surface area (Å²) in [7, 11) is 0. The van der Waals surface area contributed by atoms with Crippen molar-refractivity contribution in [3.63, 3.8) is 0 Å². The van der Waals surface area contributed by atoms with Crippen molar-refractivity contribution in [3.05, 3.63) is 27.8 Å². The number of thioether (sulfide) groups is 1. The first kappa shape index (κ1) is 16.9. The van der Waals surface area contributed by atoms with E-state index in [4.69, 9.17) is 9.52 Å².